The Morgan fingerprint density at radius 3 is 2.71 bits per heavy atom. The third-order valence-electron chi connectivity index (χ3n) is 5.90. The molecule has 2 saturated heterocycles. The van der Waals surface area contributed by atoms with Gasteiger partial charge in [0.05, 0.1) is 29.4 Å². The van der Waals surface area contributed by atoms with E-state index in [2.05, 4.69) is 4.90 Å². The Morgan fingerprint density at radius 1 is 1.29 bits per heavy atom. The molecule has 7 nitrogen and oxygen atoms in total. The summed E-state index contributed by atoms with van der Waals surface area (Å²) in [6.07, 6.45) is 6.59. The van der Waals surface area contributed by atoms with E-state index in [0.29, 0.717) is 0 Å². The number of nitrogens with zero attached hydrogens (tertiary/aromatic N) is 3. The van der Waals surface area contributed by atoms with Crippen LogP contribution in [0.2, 0.25) is 0 Å². The zero-order valence-corrected chi connectivity index (χ0v) is 17.1. The van der Waals surface area contributed by atoms with Crippen molar-refractivity contribution in [2.45, 2.75) is 57.3 Å². The lowest BCUT2D eigenvalue weighted by atomic mass is 9.98. The molecule has 1 aromatic carbocycles. The minimum atomic E-state index is -0.363. The van der Waals surface area contributed by atoms with Crippen molar-refractivity contribution < 1.29 is 14.4 Å². The number of aliphatic imine (C=N–C) groups is 1. The first-order valence-corrected chi connectivity index (χ1v) is 11.0. The predicted molar refractivity (Wildman–Crippen MR) is 110 cm³/mol. The maximum Gasteiger partial charge on any atom is 0.269 e. The van der Waals surface area contributed by atoms with Gasteiger partial charge in [0.25, 0.3) is 5.69 Å². The molecule has 0 radical (unpaired) electrons. The fourth-order valence-corrected chi connectivity index (χ4v) is 5.80. The first-order valence-electron chi connectivity index (χ1n) is 10.0. The van der Waals surface area contributed by atoms with E-state index >= 15 is 0 Å². The number of aryl methyl sites for hydroxylation is 1. The topological polar surface area (TPSA) is 77.2 Å². The Labute approximate surface area is 169 Å². The minimum absolute atomic E-state index is 0.108. The van der Waals surface area contributed by atoms with Gasteiger partial charge in [-0.05, 0) is 37.8 Å². The van der Waals surface area contributed by atoms with Crippen LogP contribution in [0.5, 0.6) is 0 Å². The third kappa shape index (κ3) is 4.04. The summed E-state index contributed by atoms with van der Waals surface area (Å²) in [4.78, 5) is 18.0. The molecule has 2 heterocycles. The summed E-state index contributed by atoms with van der Waals surface area (Å²) in [6.45, 7) is 4.29. The molecule has 0 bridgehead atoms. The molecule has 1 aromatic rings. The van der Waals surface area contributed by atoms with Crippen LogP contribution in [0.25, 0.3) is 0 Å². The second-order valence-corrected chi connectivity index (χ2v) is 8.75. The highest BCUT2D eigenvalue weighted by Gasteiger charge is 2.46. The predicted octanol–water partition coefficient (Wildman–Crippen LogP) is 4.41. The van der Waals surface area contributed by atoms with Gasteiger partial charge in [0.2, 0.25) is 0 Å². The van der Waals surface area contributed by atoms with Crippen LogP contribution in [0.1, 0.15) is 44.1 Å². The summed E-state index contributed by atoms with van der Waals surface area (Å²) in [6, 6.07) is 4.88. The quantitative estimate of drug-likeness (QED) is 0.534. The van der Waals surface area contributed by atoms with Gasteiger partial charge < -0.3 is 14.4 Å². The van der Waals surface area contributed by atoms with E-state index in [4.69, 9.17) is 14.5 Å². The number of nitro benzene ring substituents is 1. The largest absolute Gasteiger partial charge is 0.353 e. The highest BCUT2D eigenvalue weighted by Crippen LogP contribution is 2.45. The van der Waals surface area contributed by atoms with Gasteiger partial charge in [-0.3, -0.25) is 10.1 Å². The summed E-state index contributed by atoms with van der Waals surface area (Å²) in [7, 11) is 0. The standard InChI is InChI=1S/C20H27N3O4S/c1-15-13-16(23(24)25)5-6-17(15)21-19-22(10-7-18-26-11-4-12-27-18)20(14-28-19)8-2-3-9-20/h5-6,13,18H,2-4,7-12,14H2,1H3. The Balaban J connectivity index is 1.55. The Bertz CT molecular complexity index is 758. The van der Waals surface area contributed by atoms with E-state index in [1.54, 1.807) is 12.1 Å². The molecule has 0 unspecified atom stereocenters. The summed E-state index contributed by atoms with van der Waals surface area (Å²) < 4.78 is 11.5. The van der Waals surface area contributed by atoms with Gasteiger partial charge >= 0.3 is 0 Å². The van der Waals surface area contributed by atoms with Crippen molar-refractivity contribution in [2.24, 2.45) is 4.99 Å². The van der Waals surface area contributed by atoms with Crippen molar-refractivity contribution >= 4 is 28.3 Å². The van der Waals surface area contributed by atoms with Crippen LogP contribution in [-0.4, -0.2) is 52.3 Å². The third-order valence-corrected chi connectivity index (χ3v) is 7.15. The number of ether oxygens (including phenoxy) is 2. The summed E-state index contributed by atoms with van der Waals surface area (Å²) in [5.74, 6) is 1.06. The molecule has 4 rings (SSSR count). The lowest BCUT2D eigenvalue weighted by molar-refractivity contribution is -0.384. The molecular formula is C20H27N3O4S. The highest BCUT2D eigenvalue weighted by molar-refractivity contribution is 8.14. The maximum absolute atomic E-state index is 11.0. The van der Waals surface area contributed by atoms with Gasteiger partial charge in [-0.25, -0.2) is 4.99 Å². The molecule has 0 amide bonds. The number of hydrogen-bond acceptors (Lipinski definition) is 6. The molecule has 152 valence electrons. The van der Waals surface area contributed by atoms with E-state index in [0.717, 1.165) is 54.8 Å². The van der Waals surface area contributed by atoms with Crippen molar-refractivity contribution in [3.8, 4) is 0 Å². The van der Waals surface area contributed by atoms with Gasteiger partial charge in [0.15, 0.2) is 11.5 Å². The lowest BCUT2D eigenvalue weighted by Gasteiger charge is -2.37. The van der Waals surface area contributed by atoms with E-state index in [1.807, 2.05) is 18.7 Å². The SMILES string of the molecule is Cc1cc([N+](=O)[O-])ccc1N=C1SCC2(CCCC2)N1CCC1OCCCO1. The molecule has 3 fully saturated rings. The molecule has 8 heteroatoms. The highest BCUT2D eigenvalue weighted by atomic mass is 32.2. The number of non-ortho nitro benzene ring substituents is 1. The molecule has 0 N–H and O–H groups in total. The van der Waals surface area contributed by atoms with Crippen LogP contribution in [0.3, 0.4) is 0 Å². The molecule has 1 aliphatic carbocycles. The van der Waals surface area contributed by atoms with Crippen molar-refractivity contribution in [3.05, 3.63) is 33.9 Å². The summed E-state index contributed by atoms with van der Waals surface area (Å²) in [5, 5.41) is 12.0. The van der Waals surface area contributed by atoms with E-state index in [9.17, 15) is 10.1 Å². The minimum Gasteiger partial charge on any atom is -0.353 e. The maximum atomic E-state index is 11.0. The number of benzene rings is 1. The van der Waals surface area contributed by atoms with Crippen molar-refractivity contribution in [1.29, 1.82) is 0 Å². The lowest BCUT2D eigenvalue weighted by Crippen LogP contribution is -2.46. The second-order valence-electron chi connectivity index (χ2n) is 7.81. The van der Waals surface area contributed by atoms with Gasteiger partial charge in [-0.15, -0.1) is 0 Å². The normalized spacial score (nSPS) is 23.8. The van der Waals surface area contributed by atoms with Crippen LogP contribution in [0, 0.1) is 17.0 Å². The van der Waals surface area contributed by atoms with Crippen molar-refractivity contribution in [2.75, 3.05) is 25.5 Å². The Kier molecular flexibility index (Phi) is 5.89. The molecule has 28 heavy (non-hydrogen) atoms. The fourth-order valence-electron chi connectivity index (χ4n) is 4.35. The van der Waals surface area contributed by atoms with Crippen LogP contribution in [0.4, 0.5) is 11.4 Å². The molecule has 0 atom stereocenters. The Hall–Kier alpha value is -1.64. The number of thioether (sulfide) groups is 1. The number of amidine groups is 1. The molecule has 1 spiro atoms. The number of rotatable bonds is 5. The monoisotopic (exact) mass is 405 g/mol. The average Bonchev–Trinajstić information content (AvgIpc) is 3.30. The first kappa shape index (κ1) is 19.7. The van der Waals surface area contributed by atoms with Crippen LogP contribution in [-0.2, 0) is 9.47 Å². The summed E-state index contributed by atoms with van der Waals surface area (Å²) in [5.41, 5.74) is 1.93. The van der Waals surface area contributed by atoms with Gasteiger partial charge in [0.1, 0.15) is 0 Å². The van der Waals surface area contributed by atoms with E-state index < -0.39 is 0 Å². The van der Waals surface area contributed by atoms with E-state index in [-0.39, 0.29) is 22.4 Å². The van der Waals surface area contributed by atoms with Gasteiger partial charge in [-0.1, -0.05) is 24.6 Å². The second kappa shape index (κ2) is 8.39. The van der Waals surface area contributed by atoms with Crippen molar-refractivity contribution in [1.82, 2.24) is 4.90 Å². The Morgan fingerprint density at radius 2 is 2.04 bits per heavy atom. The first-order chi connectivity index (χ1) is 13.6. The molecular weight excluding hydrogens is 378 g/mol. The number of hydrogen-bond donors (Lipinski definition) is 0. The van der Waals surface area contributed by atoms with Gasteiger partial charge in [-0.2, -0.15) is 0 Å². The zero-order valence-electron chi connectivity index (χ0n) is 16.3. The zero-order chi connectivity index (χ0) is 19.6. The molecule has 2 aliphatic heterocycles. The van der Waals surface area contributed by atoms with Crippen LogP contribution < -0.4 is 0 Å². The smallest absolute Gasteiger partial charge is 0.269 e. The van der Waals surface area contributed by atoms with E-state index in [1.165, 1.54) is 31.7 Å². The molecule has 1 saturated carbocycles. The molecule has 0 aromatic heterocycles. The van der Waals surface area contributed by atoms with Crippen LogP contribution >= 0.6 is 11.8 Å². The molecule has 3 aliphatic rings. The van der Waals surface area contributed by atoms with Gasteiger partial charge in [0, 0.05) is 30.9 Å². The van der Waals surface area contributed by atoms with Crippen LogP contribution in [0.15, 0.2) is 23.2 Å². The fraction of sp³-hybridized carbons (Fsp3) is 0.650. The number of nitro groups is 1. The summed E-state index contributed by atoms with van der Waals surface area (Å²) >= 11 is 1.81. The van der Waals surface area contributed by atoms with Crippen molar-refractivity contribution in [3.63, 3.8) is 0 Å². The average molecular weight is 406 g/mol.